The SMILES string of the molecule is CC(=O)O[C@H]1CO[C@H]2C[C@@H]1c1ccc3cc4ccccc4cc3c1N2.ClC(Cl)Cl. The summed E-state index contributed by atoms with van der Waals surface area (Å²) in [6.45, 7) is 1.90. The Balaban J connectivity index is 0.000000472. The van der Waals surface area contributed by atoms with Crippen LogP contribution < -0.4 is 5.32 Å². The highest BCUT2D eigenvalue weighted by atomic mass is 35.6. The molecule has 5 rings (SSSR count). The molecule has 1 N–H and O–H groups in total. The first kappa shape index (κ1) is 20.5. The Morgan fingerprint density at radius 2 is 1.79 bits per heavy atom. The number of hydrogen-bond donors (Lipinski definition) is 1. The summed E-state index contributed by atoms with van der Waals surface area (Å²) in [6, 6.07) is 17.2. The maximum atomic E-state index is 11.5. The number of halogens is 3. The standard InChI is InChI=1S/C21H19NO3.CHCl3/c1-12(23)25-19-11-24-20-10-18(19)16-7-6-15-8-13-4-2-3-5-14(13)9-17(15)21(16)22-20;2-1(3)4/h2-9,18-20,22H,10-11H2,1H3;1H/t18-,19+,20+;/m1./s1. The van der Waals surface area contributed by atoms with Crippen LogP contribution in [-0.4, -0.2) is 29.2 Å². The molecule has 0 unspecified atom stereocenters. The summed E-state index contributed by atoms with van der Waals surface area (Å²) < 4.78 is 10.6. The quantitative estimate of drug-likeness (QED) is 0.273. The van der Waals surface area contributed by atoms with Crippen molar-refractivity contribution in [2.45, 2.75) is 35.9 Å². The third-order valence-electron chi connectivity index (χ3n) is 5.32. The van der Waals surface area contributed by atoms with Crippen molar-refractivity contribution in [3.05, 3.63) is 54.1 Å². The summed E-state index contributed by atoms with van der Waals surface area (Å²) >= 11 is 14.4. The van der Waals surface area contributed by atoms with Crippen LogP contribution in [0.1, 0.15) is 24.8 Å². The molecule has 2 aliphatic rings. The number of ether oxygens (including phenoxy) is 2. The van der Waals surface area contributed by atoms with E-state index < -0.39 is 4.30 Å². The van der Waals surface area contributed by atoms with E-state index in [2.05, 4.69) is 53.8 Å². The van der Waals surface area contributed by atoms with E-state index >= 15 is 0 Å². The number of anilines is 1. The van der Waals surface area contributed by atoms with Gasteiger partial charge in [-0.1, -0.05) is 71.2 Å². The third kappa shape index (κ3) is 4.41. The van der Waals surface area contributed by atoms with Crippen molar-refractivity contribution in [1.82, 2.24) is 0 Å². The van der Waals surface area contributed by atoms with Gasteiger partial charge in [0.25, 0.3) is 0 Å². The van der Waals surface area contributed by atoms with E-state index in [0.29, 0.717) is 6.61 Å². The predicted octanol–water partition coefficient (Wildman–Crippen LogP) is 6.17. The van der Waals surface area contributed by atoms with Crippen LogP contribution in [0.3, 0.4) is 0 Å². The van der Waals surface area contributed by atoms with E-state index in [1.807, 2.05) is 0 Å². The molecule has 1 fully saturated rings. The van der Waals surface area contributed by atoms with E-state index in [9.17, 15) is 4.79 Å². The Hall–Kier alpha value is -1.72. The lowest BCUT2D eigenvalue weighted by molar-refractivity contribution is -0.157. The highest BCUT2D eigenvalue weighted by Gasteiger charge is 2.39. The van der Waals surface area contributed by atoms with Gasteiger partial charge in [-0.3, -0.25) is 4.79 Å². The molecule has 0 amide bonds. The Morgan fingerprint density at radius 1 is 1.10 bits per heavy atom. The molecule has 3 aromatic rings. The fourth-order valence-electron chi connectivity index (χ4n) is 4.20. The molecule has 4 nitrogen and oxygen atoms in total. The Kier molecular flexibility index (Phi) is 6.07. The van der Waals surface area contributed by atoms with Gasteiger partial charge in [-0.15, -0.1) is 0 Å². The van der Waals surface area contributed by atoms with Crippen LogP contribution in [0, 0.1) is 0 Å². The van der Waals surface area contributed by atoms with Crippen molar-refractivity contribution in [3.63, 3.8) is 0 Å². The monoisotopic (exact) mass is 451 g/mol. The summed E-state index contributed by atoms with van der Waals surface area (Å²) in [7, 11) is 0. The van der Waals surface area contributed by atoms with Crippen molar-refractivity contribution in [1.29, 1.82) is 0 Å². The van der Waals surface area contributed by atoms with Gasteiger partial charge in [0.15, 0.2) is 4.30 Å². The third-order valence-corrected chi connectivity index (χ3v) is 5.32. The minimum Gasteiger partial charge on any atom is -0.459 e. The van der Waals surface area contributed by atoms with Gasteiger partial charge in [0.2, 0.25) is 0 Å². The van der Waals surface area contributed by atoms with Gasteiger partial charge in [-0.05, 0) is 33.9 Å². The zero-order valence-electron chi connectivity index (χ0n) is 15.7. The van der Waals surface area contributed by atoms with Crippen molar-refractivity contribution in [3.8, 4) is 0 Å². The number of alkyl halides is 3. The molecule has 0 aromatic heterocycles. The molecular formula is C22H20Cl3NO3. The van der Waals surface area contributed by atoms with Crippen LogP contribution in [0.25, 0.3) is 21.5 Å². The smallest absolute Gasteiger partial charge is 0.303 e. The first-order chi connectivity index (χ1) is 13.9. The second kappa shape index (κ2) is 8.57. The van der Waals surface area contributed by atoms with E-state index in [4.69, 9.17) is 44.3 Å². The fourth-order valence-corrected chi connectivity index (χ4v) is 4.20. The molecule has 0 radical (unpaired) electrons. The second-order valence-electron chi connectivity index (χ2n) is 7.15. The van der Waals surface area contributed by atoms with E-state index in [0.717, 1.165) is 12.1 Å². The van der Waals surface area contributed by atoms with Crippen LogP contribution >= 0.6 is 34.8 Å². The second-order valence-corrected chi connectivity index (χ2v) is 9.13. The number of nitrogens with one attached hydrogen (secondary N) is 1. The first-order valence-corrected chi connectivity index (χ1v) is 10.7. The fraction of sp³-hybridized carbons (Fsp3) is 0.318. The summed E-state index contributed by atoms with van der Waals surface area (Å²) in [4.78, 5) is 11.5. The van der Waals surface area contributed by atoms with Gasteiger partial charge >= 0.3 is 5.97 Å². The maximum Gasteiger partial charge on any atom is 0.303 e. The van der Waals surface area contributed by atoms with Gasteiger partial charge in [0.1, 0.15) is 12.3 Å². The van der Waals surface area contributed by atoms with Crippen molar-refractivity contribution in [2.75, 3.05) is 11.9 Å². The Labute approximate surface area is 184 Å². The molecule has 1 saturated heterocycles. The highest BCUT2D eigenvalue weighted by molar-refractivity contribution is 6.63. The molecule has 0 spiro atoms. The normalized spacial score (nSPS) is 22.4. The minimum absolute atomic E-state index is 0.0265. The molecule has 152 valence electrons. The number of fused-ring (bicyclic) bond motifs is 7. The Morgan fingerprint density at radius 3 is 2.48 bits per heavy atom. The molecule has 2 heterocycles. The van der Waals surface area contributed by atoms with Gasteiger partial charge in [0, 0.05) is 30.3 Å². The summed E-state index contributed by atoms with van der Waals surface area (Å²) in [5.41, 5.74) is 2.33. The maximum absolute atomic E-state index is 11.5. The number of esters is 1. The van der Waals surface area contributed by atoms with Gasteiger partial charge < -0.3 is 14.8 Å². The van der Waals surface area contributed by atoms with Crippen molar-refractivity contribution >= 4 is 68.0 Å². The minimum atomic E-state index is -0.750. The largest absolute Gasteiger partial charge is 0.459 e. The molecule has 7 heteroatoms. The van der Waals surface area contributed by atoms with Crippen molar-refractivity contribution in [2.24, 2.45) is 0 Å². The average Bonchev–Trinajstić information content (AvgIpc) is 2.68. The predicted molar refractivity (Wildman–Crippen MR) is 119 cm³/mol. The van der Waals surface area contributed by atoms with E-state index in [1.54, 1.807) is 0 Å². The number of hydrogen-bond acceptors (Lipinski definition) is 4. The zero-order valence-corrected chi connectivity index (χ0v) is 18.0. The lowest BCUT2D eigenvalue weighted by atomic mass is 9.82. The molecule has 2 bridgehead atoms. The summed E-state index contributed by atoms with van der Waals surface area (Å²) in [5.74, 6) is -0.0753. The summed E-state index contributed by atoms with van der Waals surface area (Å²) in [6.07, 6.45) is 0.582. The highest BCUT2D eigenvalue weighted by Crippen LogP contribution is 2.44. The van der Waals surface area contributed by atoms with E-state index in [1.165, 1.54) is 34.0 Å². The van der Waals surface area contributed by atoms with Gasteiger partial charge in [0.05, 0.1) is 6.61 Å². The molecule has 0 aliphatic carbocycles. The number of carbonyl (C=O) groups is 1. The molecule has 0 saturated carbocycles. The van der Waals surface area contributed by atoms with Crippen molar-refractivity contribution < 1.29 is 14.3 Å². The van der Waals surface area contributed by atoms with Gasteiger partial charge in [-0.25, -0.2) is 0 Å². The number of benzene rings is 3. The molecular weight excluding hydrogens is 433 g/mol. The molecule has 2 aliphatic heterocycles. The lowest BCUT2D eigenvalue weighted by Crippen LogP contribution is -2.45. The zero-order chi connectivity index (χ0) is 20.5. The van der Waals surface area contributed by atoms with Crippen LogP contribution in [-0.2, 0) is 14.3 Å². The molecule has 3 atom stereocenters. The average molecular weight is 453 g/mol. The van der Waals surface area contributed by atoms with Crippen LogP contribution in [0.15, 0.2) is 48.5 Å². The van der Waals surface area contributed by atoms with E-state index in [-0.39, 0.29) is 24.2 Å². The summed E-state index contributed by atoms with van der Waals surface area (Å²) in [5, 5.41) is 8.40. The number of rotatable bonds is 1. The van der Waals surface area contributed by atoms with Crippen LogP contribution in [0.2, 0.25) is 0 Å². The lowest BCUT2D eigenvalue weighted by Gasteiger charge is -2.42. The Bertz CT molecular complexity index is 1050. The number of carbonyl (C=O) groups excluding carboxylic acids is 1. The van der Waals surface area contributed by atoms with Crippen LogP contribution in [0.4, 0.5) is 5.69 Å². The topological polar surface area (TPSA) is 47.6 Å². The first-order valence-electron chi connectivity index (χ1n) is 9.35. The van der Waals surface area contributed by atoms with Gasteiger partial charge in [-0.2, -0.15) is 0 Å². The molecule has 29 heavy (non-hydrogen) atoms. The molecule has 3 aromatic carbocycles. The van der Waals surface area contributed by atoms with Crippen LogP contribution in [0.5, 0.6) is 0 Å².